The average Bonchev–Trinajstić information content (AvgIpc) is 3.50. The predicted molar refractivity (Wildman–Crippen MR) is 137 cm³/mol. The lowest BCUT2D eigenvalue weighted by molar-refractivity contribution is 0.0600. The molecule has 0 bridgehead atoms. The number of hydrogen-bond acceptors (Lipinski definition) is 7. The predicted octanol–water partition coefficient (Wildman–Crippen LogP) is 6.81. The second-order valence-electron chi connectivity index (χ2n) is 8.15. The number of carbonyl (C=O) groups excluding carboxylic acids is 1. The van der Waals surface area contributed by atoms with Crippen LogP contribution < -0.4 is 9.47 Å². The van der Waals surface area contributed by atoms with Crippen LogP contribution >= 0.6 is 22.7 Å². The van der Waals surface area contributed by atoms with Crippen molar-refractivity contribution in [3.63, 3.8) is 0 Å². The number of rotatable bonds is 5. The van der Waals surface area contributed by atoms with E-state index in [1.807, 2.05) is 17.5 Å². The van der Waals surface area contributed by atoms with Crippen molar-refractivity contribution in [3.8, 4) is 43.5 Å². The molecule has 3 heterocycles. The lowest BCUT2D eigenvalue weighted by atomic mass is 9.90. The molecule has 35 heavy (non-hydrogen) atoms. The van der Waals surface area contributed by atoms with Crippen LogP contribution in [0.4, 0.5) is 0 Å². The van der Waals surface area contributed by atoms with Gasteiger partial charge < -0.3 is 19.3 Å². The van der Waals surface area contributed by atoms with E-state index in [2.05, 4.69) is 13.8 Å². The molecule has 0 unspecified atom stereocenters. The van der Waals surface area contributed by atoms with Crippen LogP contribution in [0.1, 0.15) is 36.7 Å². The van der Waals surface area contributed by atoms with Crippen LogP contribution in [-0.2, 0) is 11.3 Å². The molecule has 0 spiro atoms. The Hall–Kier alpha value is -3.62. The Kier molecular flexibility index (Phi) is 5.86. The summed E-state index contributed by atoms with van der Waals surface area (Å²) in [5.41, 5.74) is 4.85. The molecule has 5 rings (SSSR count). The maximum absolute atomic E-state index is 12.9. The molecule has 1 N–H and O–H groups in total. The van der Waals surface area contributed by atoms with Crippen LogP contribution in [-0.4, -0.2) is 31.3 Å². The van der Waals surface area contributed by atoms with Gasteiger partial charge >= 0.3 is 11.9 Å². The number of carbonyl (C=O) groups is 2. The Bertz CT molecular complexity index is 1480. The van der Waals surface area contributed by atoms with E-state index in [0.717, 1.165) is 20.9 Å². The van der Waals surface area contributed by atoms with Crippen LogP contribution in [0.5, 0.6) is 11.5 Å². The Morgan fingerprint density at radius 2 is 1.74 bits per heavy atom. The van der Waals surface area contributed by atoms with Gasteiger partial charge in [0.1, 0.15) is 18.1 Å². The fourth-order valence-electron chi connectivity index (χ4n) is 4.37. The minimum Gasteiger partial charge on any atom is -0.496 e. The third-order valence-electron chi connectivity index (χ3n) is 6.30. The van der Waals surface area contributed by atoms with Gasteiger partial charge in [-0.1, -0.05) is 6.07 Å². The van der Waals surface area contributed by atoms with Gasteiger partial charge in [-0.25, -0.2) is 9.59 Å². The number of thiophene rings is 2. The van der Waals surface area contributed by atoms with Crippen molar-refractivity contribution >= 4 is 34.6 Å². The van der Waals surface area contributed by atoms with Crippen molar-refractivity contribution in [2.45, 2.75) is 20.5 Å². The summed E-state index contributed by atoms with van der Waals surface area (Å²) in [5, 5.41) is 12.0. The van der Waals surface area contributed by atoms with Gasteiger partial charge in [0, 0.05) is 42.4 Å². The standard InChI is InChI=1S/C27H22O6S2/c1-13-14(2)35-25-20-9-18(27(30)32-4)16(11-23(20)33-12-21(13)25)15-10-22(31-3)19(8-17(15)26(28)29)24-6-5-7-34-24/h5-11H,12H2,1-4H3,(H,28,29). The summed E-state index contributed by atoms with van der Waals surface area (Å²) in [7, 11) is 2.85. The number of ether oxygens (including phenoxy) is 3. The molecule has 1 aliphatic rings. The molecule has 0 fully saturated rings. The minimum atomic E-state index is -1.11. The maximum atomic E-state index is 12.9. The second kappa shape index (κ2) is 8.87. The number of carboxylic acid groups (broad SMARTS) is 1. The molecule has 0 amide bonds. The summed E-state index contributed by atoms with van der Waals surface area (Å²) in [5.74, 6) is -0.563. The Morgan fingerprint density at radius 3 is 2.40 bits per heavy atom. The highest BCUT2D eigenvalue weighted by Crippen LogP contribution is 2.48. The molecule has 2 aromatic heterocycles. The number of carboxylic acids is 1. The fourth-order valence-corrected chi connectivity index (χ4v) is 6.30. The number of benzene rings is 2. The number of aryl methyl sites for hydroxylation is 1. The highest BCUT2D eigenvalue weighted by molar-refractivity contribution is 7.16. The molecular weight excluding hydrogens is 484 g/mol. The SMILES string of the molecule is COC(=O)c1cc2c(cc1-c1cc(OC)c(-c3cccs3)cc1C(=O)O)OCc1c-2sc(C)c1C. The first-order valence-corrected chi connectivity index (χ1v) is 12.5. The molecule has 8 heteroatoms. The van der Waals surface area contributed by atoms with Gasteiger partial charge in [0.15, 0.2) is 0 Å². The van der Waals surface area contributed by atoms with E-state index < -0.39 is 11.9 Å². The summed E-state index contributed by atoms with van der Waals surface area (Å²) in [6, 6.07) is 10.5. The quantitative estimate of drug-likeness (QED) is 0.299. The van der Waals surface area contributed by atoms with E-state index in [1.165, 1.54) is 36.0 Å². The highest BCUT2D eigenvalue weighted by atomic mass is 32.1. The van der Waals surface area contributed by atoms with E-state index in [0.29, 0.717) is 34.8 Å². The van der Waals surface area contributed by atoms with Gasteiger partial charge in [0.05, 0.1) is 25.3 Å². The first-order valence-electron chi connectivity index (χ1n) is 10.8. The molecule has 0 aliphatic carbocycles. The first-order chi connectivity index (χ1) is 16.8. The third kappa shape index (κ3) is 3.79. The molecular formula is C27H22O6S2. The van der Waals surface area contributed by atoms with Crippen molar-refractivity contribution in [1.82, 2.24) is 0 Å². The van der Waals surface area contributed by atoms with Gasteiger partial charge in [0.2, 0.25) is 0 Å². The van der Waals surface area contributed by atoms with Gasteiger partial charge in [0.25, 0.3) is 0 Å². The minimum absolute atomic E-state index is 0.0543. The van der Waals surface area contributed by atoms with E-state index >= 15 is 0 Å². The zero-order chi connectivity index (χ0) is 24.9. The van der Waals surface area contributed by atoms with Gasteiger partial charge in [-0.05, 0) is 55.1 Å². The largest absolute Gasteiger partial charge is 0.496 e. The molecule has 0 radical (unpaired) electrons. The molecule has 0 atom stereocenters. The Morgan fingerprint density at radius 1 is 1.00 bits per heavy atom. The van der Waals surface area contributed by atoms with Gasteiger partial charge in [-0.15, -0.1) is 22.7 Å². The van der Waals surface area contributed by atoms with Crippen molar-refractivity contribution < 1.29 is 28.9 Å². The fraction of sp³-hybridized carbons (Fsp3) is 0.185. The monoisotopic (exact) mass is 506 g/mol. The van der Waals surface area contributed by atoms with E-state index in [-0.39, 0.29) is 11.1 Å². The van der Waals surface area contributed by atoms with E-state index in [1.54, 1.807) is 35.6 Å². The van der Waals surface area contributed by atoms with Crippen LogP contribution in [0, 0.1) is 13.8 Å². The summed E-state index contributed by atoms with van der Waals surface area (Å²) >= 11 is 3.15. The average molecular weight is 507 g/mol. The Balaban J connectivity index is 1.79. The molecule has 1 aliphatic heterocycles. The van der Waals surface area contributed by atoms with Crippen LogP contribution in [0.15, 0.2) is 41.8 Å². The summed E-state index contributed by atoms with van der Waals surface area (Å²) in [6.07, 6.45) is 0. The zero-order valence-corrected chi connectivity index (χ0v) is 21.2. The highest BCUT2D eigenvalue weighted by Gasteiger charge is 2.29. The van der Waals surface area contributed by atoms with Crippen molar-refractivity contribution in [1.29, 1.82) is 0 Å². The lowest BCUT2D eigenvalue weighted by Crippen LogP contribution is -2.10. The van der Waals surface area contributed by atoms with Crippen molar-refractivity contribution in [3.05, 3.63) is 68.9 Å². The van der Waals surface area contributed by atoms with Crippen molar-refractivity contribution in [2.75, 3.05) is 14.2 Å². The number of aromatic carboxylic acids is 1. The van der Waals surface area contributed by atoms with Crippen LogP contribution in [0.3, 0.4) is 0 Å². The number of hydrogen-bond donors (Lipinski definition) is 1. The van der Waals surface area contributed by atoms with Gasteiger partial charge in [-0.3, -0.25) is 0 Å². The normalized spacial score (nSPS) is 11.9. The molecule has 4 aromatic rings. The maximum Gasteiger partial charge on any atom is 0.338 e. The Labute approximate surface area is 210 Å². The summed E-state index contributed by atoms with van der Waals surface area (Å²) < 4.78 is 16.8. The third-order valence-corrected chi connectivity index (χ3v) is 8.48. The number of fused-ring (bicyclic) bond motifs is 3. The topological polar surface area (TPSA) is 82.1 Å². The molecule has 6 nitrogen and oxygen atoms in total. The smallest absolute Gasteiger partial charge is 0.338 e. The van der Waals surface area contributed by atoms with E-state index in [4.69, 9.17) is 14.2 Å². The second-order valence-corrected chi connectivity index (χ2v) is 10.3. The number of methoxy groups -OCH3 is 2. The number of esters is 1. The molecule has 0 saturated carbocycles. The summed E-state index contributed by atoms with van der Waals surface area (Å²) in [6.45, 7) is 4.55. The first kappa shape index (κ1) is 23.1. The molecule has 0 saturated heterocycles. The summed E-state index contributed by atoms with van der Waals surface area (Å²) in [4.78, 5) is 28.4. The van der Waals surface area contributed by atoms with E-state index in [9.17, 15) is 14.7 Å². The lowest BCUT2D eigenvalue weighted by Gasteiger charge is -2.22. The van der Waals surface area contributed by atoms with Gasteiger partial charge in [-0.2, -0.15) is 0 Å². The molecule has 178 valence electrons. The van der Waals surface area contributed by atoms with Crippen LogP contribution in [0.2, 0.25) is 0 Å². The van der Waals surface area contributed by atoms with Crippen molar-refractivity contribution in [2.24, 2.45) is 0 Å². The van der Waals surface area contributed by atoms with Crippen LogP contribution in [0.25, 0.3) is 32.0 Å². The zero-order valence-electron chi connectivity index (χ0n) is 19.6. The molecule has 2 aromatic carbocycles.